The minimum atomic E-state index is 0.827. The lowest BCUT2D eigenvalue weighted by Crippen LogP contribution is -2.02. The maximum absolute atomic E-state index is 5.38. The zero-order valence-electron chi connectivity index (χ0n) is 5.36. The van der Waals surface area contributed by atoms with Crippen molar-refractivity contribution in [3.63, 3.8) is 0 Å². The molecule has 52 valence electrons. The second kappa shape index (κ2) is 15.7. The minimum Gasteiger partial charge on any atom is -0.274 e. The summed E-state index contributed by atoms with van der Waals surface area (Å²) in [5.41, 5.74) is 0. The van der Waals surface area contributed by atoms with Crippen LogP contribution in [0.2, 0.25) is 0 Å². The van der Waals surface area contributed by atoms with Gasteiger partial charge in [0.05, 0.1) is 0 Å². The zero-order chi connectivity index (χ0) is 6.83. The van der Waals surface area contributed by atoms with Gasteiger partial charge in [-0.05, 0) is 6.42 Å². The molecule has 0 atom stereocenters. The van der Waals surface area contributed by atoms with Crippen LogP contribution in [-0.2, 0) is 0 Å². The highest BCUT2D eigenvalue weighted by atomic mass is 35.5. The van der Waals surface area contributed by atoms with Crippen LogP contribution in [0.1, 0.15) is 26.2 Å². The average molecular weight is 139 g/mol. The molecule has 0 fully saturated rings. The van der Waals surface area contributed by atoms with Crippen molar-refractivity contribution in [1.29, 1.82) is 0 Å². The summed E-state index contributed by atoms with van der Waals surface area (Å²) in [6.07, 6.45) is 3.73. The Bertz CT molecular complexity index is 22.4. The molecule has 0 aromatic heterocycles. The normalized spacial score (nSPS) is 7.50. The van der Waals surface area contributed by atoms with E-state index >= 15 is 0 Å². The van der Waals surface area contributed by atoms with Crippen LogP contribution in [0.4, 0.5) is 0 Å². The highest BCUT2D eigenvalue weighted by Crippen LogP contribution is 1.93. The van der Waals surface area contributed by atoms with Gasteiger partial charge in [0.15, 0.2) is 0 Å². The Morgan fingerprint density at radius 1 is 1.25 bits per heavy atom. The van der Waals surface area contributed by atoms with E-state index in [-0.39, 0.29) is 0 Å². The van der Waals surface area contributed by atoms with Gasteiger partial charge in [-0.2, -0.15) is 0 Å². The molecule has 0 saturated carbocycles. The van der Waals surface area contributed by atoms with Gasteiger partial charge in [0, 0.05) is 5.88 Å². The van der Waals surface area contributed by atoms with Gasteiger partial charge in [-0.25, -0.2) is 0 Å². The fraction of sp³-hybridized carbons (Fsp3) is 1.00. The van der Waals surface area contributed by atoms with E-state index in [0.717, 1.165) is 5.88 Å². The van der Waals surface area contributed by atoms with Crippen molar-refractivity contribution in [3.05, 3.63) is 0 Å². The molecule has 0 aliphatic carbocycles. The second-order valence-electron chi connectivity index (χ2n) is 1.40. The largest absolute Gasteiger partial charge is 0.274 e. The van der Waals surface area contributed by atoms with E-state index in [1.54, 1.807) is 0 Å². The van der Waals surface area contributed by atoms with Crippen molar-refractivity contribution in [2.75, 3.05) is 5.88 Å². The van der Waals surface area contributed by atoms with Crippen molar-refractivity contribution < 1.29 is 0 Å². The Morgan fingerprint density at radius 3 is 1.88 bits per heavy atom. The third-order valence-corrected chi connectivity index (χ3v) is 1.00. The Hall–Kier alpha value is 0.210. The standard InChI is InChI=1S/C5H11Cl.H4N2/c1-2-3-4-5-6;1-2/h2-5H2,1H3;1-2H2. The number of hydrogen-bond donors (Lipinski definition) is 2. The molecule has 0 bridgehead atoms. The summed E-state index contributed by atoms with van der Waals surface area (Å²) in [6, 6.07) is 0. The van der Waals surface area contributed by atoms with E-state index in [1.807, 2.05) is 0 Å². The molecule has 0 spiro atoms. The average Bonchev–Trinajstić information content (AvgIpc) is 1.88. The molecule has 0 aromatic carbocycles. The van der Waals surface area contributed by atoms with Crippen LogP contribution in [-0.4, -0.2) is 5.88 Å². The van der Waals surface area contributed by atoms with E-state index in [4.69, 9.17) is 11.6 Å². The van der Waals surface area contributed by atoms with Crippen LogP contribution in [0.15, 0.2) is 0 Å². The molecule has 0 rings (SSSR count). The van der Waals surface area contributed by atoms with Gasteiger partial charge >= 0.3 is 0 Å². The summed E-state index contributed by atoms with van der Waals surface area (Å²) >= 11 is 5.38. The Morgan fingerprint density at radius 2 is 1.75 bits per heavy atom. The summed E-state index contributed by atoms with van der Waals surface area (Å²) in [5, 5.41) is 0. The van der Waals surface area contributed by atoms with Gasteiger partial charge in [-0.1, -0.05) is 19.8 Å². The lowest BCUT2D eigenvalue weighted by Gasteiger charge is -1.84. The molecule has 0 aliphatic rings. The molecule has 2 nitrogen and oxygen atoms in total. The number of unbranched alkanes of at least 4 members (excludes halogenated alkanes) is 2. The molecule has 0 amide bonds. The number of alkyl halides is 1. The van der Waals surface area contributed by atoms with E-state index in [2.05, 4.69) is 18.6 Å². The molecule has 0 unspecified atom stereocenters. The molecule has 0 aromatic rings. The number of hydrazine groups is 1. The molecular formula is C5H15ClN2. The van der Waals surface area contributed by atoms with Crippen LogP contribution < -0.4 is 11.7 Å². The predicted octanol–water partition coefficient (Wildman–Crippen LogP) is 1.23. The maximum atomic E-state index is 5.38. The molecule has 3 heteroatoms. The monoisotopic (exact) mass is 138 g/mol. The smallest absolute Gasteiger partial charge is 0.0223 e. The highest BCUT2D eigenvalue weighted by Gasteiger charge is 1.76. The van der Waals surface area contributed by atoms with Gasteiger partial charge in [0.2, 0.25) is 0 Å². The van der Waals surface area contributed by atoms with E-state index < -0.39 is 0 Å². The third-order valence-electron chi connectivity index (χ3n) is 0.737. The van der Waals surface area contributed by atoms with Crippen molar-refractivity contribution in [2.24, 2.45) is 11.7 Å². The number of nitrogens with two attached hydrogens (primary N) is 2. The predicted molar refractivity (Wildman–Crippen MR) is 38.6 cm³/mol. The molecule has 0 aliphatic heterocycles. The van der Waals surface area contributed by atoms with Gasteiger partial charge in [-0.3, -0.25) is 11.7 Å². The van der Waals surface area contributed by atoms with Gasteiger partial charge < -0.3 is 0 Å². The van der Waals surface area contributed by atoms with E-state index in [1.165, 1.54) is 19.3 Å². The first-order chi connectivity index (χ1) is 3.91. The third kappa shape index (κ3) is 16.4. The Balaban J connectivity index is 0. The molecule has 0 saturated heterocycles. The van der Waals surface area contributed by atoms with Crippen molar-refractivity contribution in [1.82, 2.24) is 0 Å². The van der Waals surface area contributed by atoms with Crippen LogP contribution >= 0.6 is 11.6 Å². The maximum Gasteiger partial charge on any atom is 0.0223 e. The first kappa shape index (κ1) is 11.1. The summed E-state index contributed by atoms with van der Waals surface area (Å²) in [6.45, 7) is 2.17. The van der Waals surface area contributed by atoms with Crippen molar-refractivity contribution >= 4 is 11.6 Å². The number of halogens is 1. The van der Waals surface area contributed by atoms with Crippen LogP contribution in [0, 0.1) is 0 Å². The molecule has 0 heterocycles. The quantitative estimate of drug-likeness (QED) is 0.267. The highest BCUT2D eigenvalue weighted by molar-refractivity contribution is 6.17. The molecule has 8 heavy (non-hydrogen) atoms. The fourth-order valence-corrected chi connectivity index (χ4v) is 0.533. The summed E-state index contributed by atoms with van der Waals surface area (Å²) < 4.78 is 0. The summed E-state index contributed by atoms with van der Waals surface area (Å²) in [7, 11) is 0. The van der Waals surface area contributed by atoms with Gasteiger partial charge in [0.25, 0.3) is 0 Å². The van der Waals surface area contributed by atoms with E-state index in [9.17, 15) is 0 Å². The molecule has 4 N–H and O–H groups in total. The SMILES string of the molecule is CCCCCCl.NN. The summed E-state index contributed by atoms with van der Waals surface area (Å²) in [5.74, 6) is 8.83. The van der Waals surface area contributed by atoms with Gasteiger partial charge in [0.1, 0.15) is 0 Å². The minimum absolute atomic E-state index is 0.827. The first-order valence-electron chi connectivity index (χ1n) is 2.81. The van der Waals surface area contributed by atoms with Crippen LogP contribution in [0.3, 0.4) is 0 Å². The lowest BCUT2D eigenvalue weighted by molar-refractivity contribution is 0.776. The van der Waals surface area contributed by atoms with Gasteiger partial charge in [-0.15, -0.1) is 11.6 Å². The van der Waals surface area contributed by atoms with E-state index in [0.29, 0.717) is 0 Å². The second-order valence-corrected chi connectivity index (χ2v) is 1.77. The lowest BCUT2D eigenvalue weighted by atomic mass is 10.3. The Kier molecular flexibility index (Phi) is 21.7. The zero-order valence-corrected chi connectivity index (χ0v) is 6.12. The number of rotatable bonds is 3. The topological polar surface area (TPSA) is 52.0 Å². The fourth-order valence-electron chi connectivity index (χ4n) is 0.344. The Labute approximate surface area is 56.2 Å². The molecular weight excluding hydrogens is 124 g/mol. The van der Waals surface area contributed by atoms with Crippen LogP contribution in [0.5, 0.6) is 0 Å². The van der Waals surface area contributed by atoms with Crippen LogP contribution in [0.25, 0.3) is 0 Å². The van der Waals surface area contributed by atoms with Crippen molar-refractivity contribution in [3.8, 4) is 0 Å². The number of hydrogen-bond acceptors (Lipinski definition) is 2. The molecule has 0 radical (unpaired) electrons. The summed E-state index contributed by atoms with van der Waals surface area (Å²) in [4.78, 5) is 0. The first-order valence-corrected chi connectivity index (χ1v) is 3.34. The van der Waals surface area contributed by atoms with Crippen molar-refractivity contribution in [2.45, 2.75) is 26.2 Å².